The summed E-state index contributed by atoms with van der Waals surface area (Å²) >= 11 is 0. The smallest absolute Gasteiger partial charge is 0.254 e. The number of hydrogen-bond donors (Lipinski definition) is 3. The fourth-order valence-corrected chi connectivity index (χ4v) is 3.11. The summed E-state index contributed by atoms with van der Waals surface area (Å²) in [6.45, 7) is 3.79. The number of anilines is 1. The Labute approximate surface area is 171 Å². The minimum Gasteiger partial charge on any atom is -0.383 e. The van der Waals surface area contributed by atoms with E-state index in [1.54, 1.807) is 19.9 Å². The lowest BCUT2D eigenvalue weighted by atomic mass is 10.0. The average Bonchev–Trinajstić information content (AvgIpc) is 3.05. The summed E-state index contributed by atoms with van der Waals surface area (Å²) in [4.78, 5) is 24.1. The van der Waals surface area contributed by atoms with Gasteiger partial charge in [-0.05, 0) is 37.6 Å². The van der Waals surface area contributed by atoms with E-state index in [-0.39, 0.29) is 34.7 Å². The van der Waals surface area contributed by atoms with Crippen LogP contribution in [0.2, 0.25) is 0 Å². The first kappa shape index (κ1) is 21.0. The molecule has 3 rings (SSSR count). The van der Waals surface area contributed by atoms with Gasteiger partial charge >= 0.3 is 0 Å². The van der Waals surface area contributed by atoms with Gasteiger partial charge < -0.3 is 16.8 Å². The maximum absolute atomic E-state index is 14.7. The van der Waals surface area contributed by atoms with Crippen LogP contribution in [0.15, 0.2) is 36.4 Å². The Morgan fingerprint density at radius 1 is 1.17 bits per heavy atom. The van der Waals surface area contributed by atoms with Gasteiger partial charge in [-0.1, -0.05) is 18.2 Å². The second kappa shape index (κ2) is 8.32. The third kappa shape index (κ3) is 4.00. The average molecular weight is 413 g/mol. The molecule has 0 spiro atoms. The van der Waals surface area contributed by atoms with E-state index in [0.717, 1.165) is 6.07 Å². The van der Waals surface area contributed by atoms with Crippen LogP contribution in [-0.2, 0) is 13.1 Å². The zero-order chi connectivity index (χ0) is 22.0. The van der Waals surface area contributed by atoms with Crippen molar-refractivity contribution >= 4 is 17.6 Å². The summed E-state index contributed by atoms with van der Waals surface area (Å²) in [5, 5.41) is 6.82. The van der Waals surface area contributed by atoms with Gasteiger partial charge in [-0.25, -0.2) is 13.5 Å². The summed E-state index contributed by atoms with van der Waals surface area (Å²) in [5.41, 5.74) is 12.9. The molecule has 0 saturated heterocycles. The van der Waals surface area contributed by atoms with Crippen LogP contribution in [0.5, 0.6) is 0 Å². The minimum atomic E-state index is -0.760. The molecule has 156 valence electrons. The highest BCUT2D eigenvalue weighted by atomic mass is 19.1. The minimum absolute atomic E-state index is 0.0267. The maximum atomic E-state index is 14.7. The number of carbonyl (C=O) groups excluding carboxylic acids is 2. The standard InChI is InChI=1S/C21H21F2N5O2/c1-3-28-19(24)17(20(25)29)18(27-28)12-5-6-13(16(23)8-12)10-26-21(30)15-9-14(22)7-4-11(15)2/h4-9H,3,10,24H2,1-2H3,(H2,25,29)(H,26,30). The predicted molar refractivity (Wildman–Crippen MR) is 109 cm³/mol. The van der Waals surface area contributed by atoms with E-state index >= 15 is 0 Å². The van der Waals surface area contributed by atoms with Crippen molar-refractivity contribution in [1.29, 1.82) is 0 Å². The van der Waals surface area contributed by atoms with E-state index in [2.05, 4.69) is 10.4 Å². The second-order valence-electron chi connectivity index (χ2n) is 6.74. The lowest BCUT2D eigenvalue weighted by Gasteiger charge is -2.10. The number of amides is 2. The van der Waals surface area contributed by atoms with E-state index in [1.165, 1.54) is 28.9 Å². The van der Waals surface area contributed by atoms with Crippen molar-refractivity contribution < 1.29 is 18.4 Å². The lowest BCUT2D eigenvalue weighted by molar-refractivity contribution is 0.0948. The van der Waals surface area contributed by atoms with Gasteiger partial charge in [0.15, 0.2) is 0 Å². The Morgan fingerprint density at radius 3 is 2.53 bits per heavy atom. The van der Waals surface area contributed by atoms with Crippen molar-refractivity contribution in [3.8, 4) is 11.3 Å². The highest BCUT2D eigenvalue weighted by molar-refractivity contribution is 6.03. The highest BCUT2D eigenvalue weighted by Crippen LogP contribution is 2.28. The number of nitrogens with zero attached hydrogens (tertiary/aromatic N) is 2. The molecule has 0 atom stereocenters. The van der Waals surface area contributed by atoms with Gasteiger partial charge in [-0.3, -0.25) is 9.59 Å². The Hall–Kier alpha value is -3.75. The fourth-order valence-electron chi connectivity index (χ4n) is 3.11. The van der Waals surface area contributed by atoms with E-state index in [1.807, 2.05) is 0 Å². The van der Waals surface area contributed by atoms with Crippen molar-refractivity contribution in [3.05, 3.63) is 70.3 Å². The molecular formula is C21H21F2N5O2. The molecule has 0 unspecified atom stereocenters. The van der Waals surface area contributed by atoms with Gasteiger partial charge in [0, 0.05) is 29.8 Å². The van der Waals surface area contributed by atoms with Crippen LogP contribution in [0, 0.1) is 18.6 Å². The molecule has 0 radical (unpaired) electrons. The van der Waals surface area contributed by atoms with Crippen molar-refractivity contribution in [3.63, 3.8) is 0 Å². The normalized spacial score (nSPS) is 10.8. The molecule has 7 nitrogen and oxygen atoms in total. The number of aryl methyl sites for hydroxylation is 2. The Bertz CT molecular complexity index is 1140. The zero-order valence-corrected chi connectivity index (χ0v) is 16.5. The van der Waals surface area contributed by atoms with Crippen molar-refractivity contribution in [2.24, 2.45) is 5.73 Å². The first-order chi connectivity index (χ1) is 14.2. The number of rotatable bonds is 6. The number of aromatic nitrogens is 2. The summed E-state index contributed by atoms with van der Waals surface area (Å²) < 4.78 is 29.5. The Kier molecular flexibility index (Phi) is 5.81. The molecule has 1 aromatic heterocycles. The third-order valence-corrected chi connectivity index (χ3v) is 4.75. The number of nitrogens with one attached hydrogen (secondary N) is 1. The van der Waals surface area contributed by atoms with Gasteiger partial charge in [-0.15, -0.1) is 0 Å². The fraction of sp³-hybridized carbons (Fsp3) is 0.190. The first-order valence-electron chi connectivity index (χ1n) is 9.22. The lowest BCUT2D eigenvalue weighted by Crippen LogP contribution is -2.24. The predicted octanol–water partition coefficient (Wildman–Crippen LogP) is 2.77. The molecular weight excluding hydrogens is 392 g/mol. The maximum Gasteiger partial charge on any atom is 0.254 e. The summed E-state index contributed by atoms with van der Waals surface area (Å²) in [5.74, 6) is -2.30. The largest absolute Gasteiger partial charge is 0.383 e. The molecule has 0 saturated carbocycles. The number of nitrogens with two attached hydrogens (primary N) is 2. The van der Waals surface area contributed by atoms with E-state index in [9.17, 15) is 18.4 Å². The molecule has 0 bridgehead atoms. The number of primary amides is 1. The molecule has 30 heavy (non-hydrogen) atoms. The highest BCUT2D eigenvalue weighted by Gasteiger charge is 2.21. The quantitative estimate of drug-likeness (QED) is 0.576. The van der Waals surface area contributed by atoms with E-state index in [0.29, 0.717) is 17.7 Å². The number of nitrogen functional groups attached to an aromatic ring is 1. The van der Waals surface area contributed by atoms with Crippen LogP contribution in [0.4, 0.5) is 14.6 Å². The summed E-state index contributed by atoms with van der Waals surface area (Å²) in [6, 6.07) is 8.11. The van der Waals surface area contributed by atoms with Gasteiger partial charge in [0.1, 0.15) is 28.7 Å². The molecule has 3 aromatic rings. The van der Waals surface area contributed by atoms with Crippen LogP contribution in [-0.4, -0.2) is 21.6 Å². The zero-order valence-electron chi connectivity index (χ0n) is 16.5. The molecule has 2 aromatic carbocycles. The van der Waals surface area contributed by atoms with E-state index in [4.69, 9.17) is 11.5 Å². The third-order valence-electron chi connectivity index (χ3n) is 4.75. The van der Waals surface area contributed by atoms with Gasteiger partial charge in [0.25, 0.3) is 11.8 Å². The van der Waals surface area contributed by atoms with Gasteiger partial charge in [-0.2, -0.15) is 5.10 Å². The SMILES string of the molecule is CCn1nc(-c2ccc(CNC(=O)c3cc(F)ccc3C)c(F)c2)c(C(N)=O)c1N. The van der Waals surface area contributed by atoms with Gasteiger partial charge in [0.2, 0.25) is 0 Å². The van der Waals surface area contributed by atoms with Crippen LogP contribution in [0.3, 0.4) is 0 Å². The molecule has 5 N–H and O–H groups in total. The molecule has 9 heteroatoms. The van der Waals surface area contributed by atoms with Crippen molar-refractivity contribution in [1.82, 2.24) is 15.1 Å². The monoisotopic (exact) mass is 413 g/mol. The van der Waals surface area contributed by atoms with Crippen LogP contribution < -0.4 is 16.8 Å². The Morgan fingerprint density at radius 2 is 1.90 bits per heavy atom. The van der Waals surface area contributed by atoms with Crippen LogP contribution in [0.1, 0.15) is 38.8 Å². The molecule has 0 aliphatic heterocycles. The topological polar surface area (TPSA) is 116 Å². The first-order valence-corrected chi connectivity index (χ1v) is 9.22. The molecule has 2 amide bonds. The van der Waals surface area contributed by atoms with Crippen LogP contribution in [0.25, 0.3) is 11.3 Å². The second-order valence-corrected chi connectivity index (χ2v) is 6.74. The van der Waals surface area contributed by atoms with Crippen molar-refractivity contribution in [2.75, 3.05) is 5.73 Å². The van der Waals surface area contributed by atoms with Crippen LogP contribution >= 0.6 is 0 Å². The van der Waals surface area contributed by atoms with Crippen molar-refractivity contribution in [2.45, 2.75) is 26.9 Å². The number of carbonyl (C=O) groups is 2. The summed E-state index contributed by atoms with van der Waals surface area (Å²) in [7, 11) is 0. The molecule has 0 aliphatic rings. The summed E-state index contributed by atoms with van der Waals surface area (Å²) in [6.07, 6.45) is 0. The molecule has 0 fully saturated rings. The Balaban J connectivity index is 1.84. The molecule has 0 aliphatic carbocycles. The number of halogens is 2. The molecule has 1 heterocycles. The van der Waals surface area contributed by atoms with Gasteiger partial charge in [0.05, 0.1) is 0 Å². The van der Waals surface area contributed by atoms with E-state index < -0.39 is 23.4 Å². The number of benzene rings is 2. The number of hydrogen-bond acceptors (Lipinski definition) is 4.